The number of hydrogen-bond donors (Lipinski definition) is 1. The minimum Gasteiger partial charge on any atom is -0.385 e. The van der Waals surface area contributed by atoms with E-state index in [4.69, 9.17) is 17.0 Å². The predicted octanol–water partition coefficient (Wildman–Crippen LogP) is 4.90. The lowest BCUT2D eigenvalue weighted by Crippen LogP contribution is -2.32. The maximum absolute atomic E-state index is 13.3. The molecule has 0 bridgehead atoms. The van der Waals surface area contributed by atoms with Crippen LogP contribution in [0.4, 0.5) is 13.2 Å². The van der Waals surface area contributed by atoms with Crippen LogP contribution in [0, 0.1) is 0 Å². The number of aromatic nitrogens is 2. The molecule has 5 nitrogen and oxygen atoms in total. The van der Waals surface area contributed by atoms with E-state index in [1.54, 1.807) is 30.1 Å². The van der Waals surface area contributed by atoms with E-state index in [0.717, 1.165) is 29.9 Å². The molecule has 1 saturated heterocycles. The molecular formula is C23H23F3N4OS. The van der Waals surface area contributed by atoms with E-state index in [1.165, 1.54) is 6.07 Å². The van der Waals surface area contributed by atoms with Gasteiger partial charge in [0.25, 0.3) is 0 Å². The normalized spacial score (nSPS) is 18.8. The van der Waals surface area contributed by atoms with E-state index in [2.05, 4.69) is 15.2 Å². The summed E-state index contributed by atoms with van der Waals surface area (Å²) in [5.41, 5.74) is 1.39. The van der Waals surface area contributed by atoms with Crippen LogP contribution in [0.25, 0.3) is 5.69 Å². The van der Waals surface area contributed by atoms with Gasteiger partial charge in [0.1, 0.15) is 0 Å². The van der Waals surface area contributed by atoms with Crippen LogP contribution < -0.4 is 5.32 Å². The van der Waals surface area contributed by atoms with Gasteiger partial charge in [0, 0.05) is 44.0 Å². The molecule has 0 radical (unpaired) electrons. The van der Waals surface area contributed by atoms with Crippen molar-refractivity contribution in [2.24, 2.45) is 0 Å². The third kappa shape index (κ3) is 4.49. The Hall–Kier alpha value is -2.91. The highest BCUT2D eigenvalue weighted by atomic mass is 32.1. The fraction of sp³-hybridized carbons (Fsp3) is 0.304. The van der Waals surface area contributed by atoms with Crippen molar-refractivity contribution in [2.75, 3.05) is 20.3 Å². The average molecular weight is 461 g/mol. The molecule has 1 aromatic carbocycles. The summed E-state index contributed by atoms with van der Waals surface area (Å²) in [5.74, 6) is 0. The van der Waals surface area contributed by atoms with Crippen LogP contribution in [0.1, 0.15) is 35.5 Å². The minimum atomic E-state index is -4.41. The lowest BCUT2D eigenvalue weighted by molar-refractivity contribution is -0.137. The Morgan fingerprint density at radius 1 is 1.12 bits per heavy atom. The third-order valence-corrected chi connectivity index (χ3v) is 5.83. The minimum absolute atomic E-state index is 0.245. The van der Waals surface area contributed by atoms with Crippen LogP contribution in [0.3, 0.4) is 0 Å². The zero-order valence-electron chi connectivity index (χ0n) is 17.4. The van der Waals surface area contributed by atoms with Crippen LogP contribution in [0.2, 0.25) is 0 Å². The summed E-state index contributed by atoms with van der Waals surface area (Å²) in [5, 5.41) is 3.94. The Balaban J connectivity index is 1.77. The highest BCUT2D eigenvalue weighted by molar-refractivity contribution is 7.80. The molecule has 0 spiro atoms. The number of benzene rings is 1. The zero-order chi connectivity index (χ0) is 22.7. The van der Waals surface area contributed by atoms with Crippen molar-refractivity contribution < 1.29 is 17.9 Å². The smallest absolute Gasteiger partial charge is 0.385 e. The predicted molar refractivity (Wildman–Crippen MR) is 119 cm³/mol. The molecule has 2 atom stereocenters. The van der Waals surface area contributed by atoms with E-state index in [1.807, 2.05) is 30.3 Å². The number of nitrogens with zero attached hydrogens (tertiary/aromatic N) is 3. The van der Waals surface area contributed by atoms with Gasteiger partial charge in [-0.2, -0.15) is 13.2 Å². The summed E-state index contributed by atoms with van der Waals surface area (Å²) < 4.78 is 46.9. The maximum atomic E-state index is 13.3. The first-order valence-corrected chi connectivity index (χ1v) is 10.6. The van der Waals surface area contributed by atoms with Crippen molar-refractivity contribution in [1.29, 1.82) is 0 Å². The summed E-state index contributed by atoms with van der Waals surface area (Å²) in [6.45, 7) is 1.22. The Morgan fingerprint density at radius 2 is 1.97 bits per heavy atom. The van der Waals surface area contributed by atoms with E-state index < -0.39 is 11.7 Å². The maximum Gasteiger partial charge on any atom is 0.416 e. The summed E-state index contributed by atoms with van der Waals surface area (Å²) >= 11 is 5.64. The molecule has 4 rings (SSSR count). The van der Waals surface area contributed by atoms with E-state index in [-0.39, 0.29) is 12.1 Å². The number of hydrogen-bond acceptors (Lipinski definition) is 3. The fourth-order valence-electron chi connectivity index (χ4n) is 4.05. The molecule has 1 fully saturated rings. The molecule has 2 aromatic heterocycles. The van der Waals surface area contributed by atoms with Crippen molar-refractivity contribution in [3.8, 4) is 5.69 Å². The summed E-state index contributed by atoms with van der Waals surface area (Å²) in [7, 11) is 1.65. The number of rotatable bonds is 7. The largest absolute Gasteiger partial charge is 0.416 e. The first kappa shape index (κ1) is 22.3. The van der Waals surface area contributed by atoms with Crippen LogP contribution in [0.5, 0.6) is 0 Å². The number of thiocarbonyl (C=S) groups is 1. The van der Waals surface area contributed by atoms with Gasteiger partial charge >= 0.3 is 6.18 Å². The van der Waals surface area contributed by atoms with Crippen LogP contribution >= 0.6 is 12.2 Å². The lowest BCUT2D eigenvalue weighted by atomic mass is 10.0. The molecule has 1 aliphatic rings. The molecule has 0 aliphatic carbocycles. The molecule has 168 valence electrons. The average Bonchev–Trinajstić information content (AvgIpc) is 3.39. The van der Waals surface area contributed by atoms with E-state index in [0.29, 0.717) is 24.0 Å². The van der Waals surface area contributed by atoms with Crippen LogP contribution in [0.15, 0.2) is 67.0 Å². The second-order valence-electron chi connectivity index (χ2n) is 7.52. The zero-order valence-corrected chi connectivity index (χ0v) is 18.2. The van der Waals surface area contributed by atoms with Gasteiger partial charge in [-0.3, -0.25) is 4.98 Å². The highest BCUT2D eigenvalue weighted by Gasteiger charge is 2.41. The van der Waals surface area contributed by atoms with Gasteiger partial charge in [0.2, 0.25) is 0 Å². The molecule has 32 heavy (non-hydrogen) atoms. The Bertz CT molecular complexity index is 1070. The summed E-state index contributed by atoms with van der Waals surface area (Å²) in [6, 6.07) is 14.3. The number of pyridine rings is 1. The monoisotopic (exact) mass is 460 g/mol. The van der Waals surface area contributed by atoms with Crippen molar-refractivity contribution in [3.63, 3.8) is 0 Å². The van der Waals surface area contributed by atoms with E-state index in [9.17, 15) is 13.2 Å². The van der Waals surface area contributed by atoms with Gasteiger partial charge in [-0.15, -0.1) is 0 Å². The quantitative estimate of drug-likeness (QED) is 0.401. The van der Waals surface area contributed by atoms with Gasteiger partial charge in [0.05, 0.1) is 23.3 Å². The fourth-order valence-corrected chi connectivity index (χ4v) is 4.38. The van der Waals surface area contributed by atoms with Gasteiger partial charge in [-0.05, 0) is 61.1 Å². The molecule has 9 heteroatoms. The number of nitrogens with one attached hydrogen (secondary N) is 1. The molecule has 3 heterocycles. The van der Waals surface area contributed by atoms with Crippen molar-refractivity contribution >= 4 is 17.3 Å². The molecule has 0 amide bonds. The second kappa shape index (κ2) is 9.30. The molecular weight excluding hydrogens is 437 g/mol. The molecule has 3 aromatic rings. The third-order valence-electron chi connectivity index (χ3n) is 5.48. The van der Waals surface area contributed by atoms with Crippen molar-refractivity contribution in [2.45, 2.75) is 24.7 Å². The first-order valence-electron chi connectivity index (χ1n) is 10.2. The lowest BCUT2D eigenvalue weighted by Gasteiger charge is -2.29. The van der Waals surface area contributed by atoms with Crippen molar-refractivity contribution in [1.82, 2.24) is 19.8 Å². The topological polar surface area (TPSA) is 42.3 Å². The number of halogens is 3. The second-order valence-corrected chi connectivity index (χ2v) is 7.90. The SMILES string of the molecule is COCCCN1C(=S)N[C@H](c2ccccn2)[C@H]1c1cccn1-c1cccc(C(F)(F)F)c1. The van der Waals surface area contributed by atoms with Gasteiger partial charge in [-0.1, -0.05) is 12.1 Å². The molecule has 0 saturated carbocycles. The number of methoxy groups -OCH3 is 1. The number of ether oxygens (including phenoxy) is 1. The van der Waals surface area contributed by atoms with E-state index >= 15 is 0 Å². The molecule has 1 N–H and O–H groups in total. The molecule has 0 unspecified atom stereocenters. The Kier molecular flexibility index (Phi) is 6.48. The van der Waals surface area contributed by atoms with Crippen LogP contribution in [-0.4, -0.2) is 39.8 Å². The highest BCUT2D eigenvalue weighted by Crippen LogP contribution is 2.40. The van der Waals surface area contributed by atoms with Gasteiger partial charge in [-0.25, -0.2) is 0 Å². The Labute approximate surface area is 189 Å². The number of alkyl halides is 3. The summed E-state index contributed by atoms with van der Waals surface area (Å²) in [4.78, 5) is 6.57. The van der Waals surface area contributed by atoms with Crippen molar-refractivity contribution in [3.05, 3.63) is 83.9 Å². The van der Waals surface area contributed by atoms with Gasteiger partial charge in [0.15, 0.2) is 5.11 Å². The molecule has 1 aliphatic heterocycles. The standard InChI is InChI=1S/C23H23F3N4OS/c1-31-14-6-13-30-21(20(28-22(30)32)18-9-2-3-11-27-18)19-10-5-12-29(19)17-8-4-7-16(15-17)23(24,25)26/h2-5,7-12,15,20-21H,6,13-14H2,1H3,(H,28,32)/t20-,21-/m1/s1. The first-order chi connectivity index (χ1) is 15.4. The van der Waals surface area contributed by atoms with Crippen LogP contribution in [-0.2, 0) is 10.9 Å². The summed E-state index contributed by atoms with van der Waals surface area (Å²) in [6.07, 6.45) is -0.165. The van der Waals surface area contributed by atoms with Gasteiger partial charge < -0.3 is 19.5 Å². The Morgan fingerprint density at radius 3 is 2.69 bits per heavy atom.